The molecule has 3 aliphatic rings. The number of aliphatic imine (C=N–C) groups is 2. The van der Waals surface area contributed by atoms with Crippen LogP contribution < -0.4 is 5.84 Å². The van der Waals surface area contributed by atoms with E-state index in [-0.39, 0.29) is 10.4 Å². The second-order valence-electron chi connectivity index (χ2n) is 4.00. The van der Waals surface area contributed by atoms with E-state index in [0.29, 0.717) is 11.4 Å². The van der Waals surface area contributed by atoms with Crippen LogP contribution in [-0.2, 0) is 9.53 Å². The molecule has 0 radical (unpaired) electrons. The fraction of sp³-hybridized carbons (Fsp3) is 0.0833. The number of hydrogen-bond donors (Lipinski definition) is 1. The third kappa shape index (κ3) is 1.27. The lowest BCUT2D eigenvalue weighted by Gasteiger charge is -2.24. The molecule has 2 aliphatic heterocycles. The number of hydrogen-bond acceptors (Lipinski definition) is 5. The Morgan fingerprint density at radius 2 is 2.28 bits per heavy atom. The van der Waals surface area contributed by atoms with Gasteiger partial charge in [0.05, 0.1) is 19.5 Å². The van der Waals surface area contributed by atoms with E-state index in [0.717, 1.165) is 5.57 Å². The van der Waals surface area contributed by atoms with Gasteiger partial charge in [0, 0.05) is 5.57 Å². The highest BCUT2D eigenvalue weighted by Crippen LogP contribution is 2.34. The molecule has 0 aromatic carbocycles. The van der Waals surface area contributed by atoms with Gasteiger partial charge < -0.3 is 4.74 Å². The Labute approximate surface area is 103 Å². The van der Waals surface area contributed by atoms with E-state index in [1.807, 2.05) is 18.2 Å². The molecule has 6 heteroatoms. The van der Waals surface area contributed by atoms with Crippen LogP contribution in [0.1, 0.15) is 0 Å². The Morgan fingerprint density at radius 1 is 1.50 bits per heavy atom. The summed E-state index contributed by atoms with van der Waals surface area (Å²) in [6, 6.07) is 0. The number of allylic oxidation sites excluding steroid dienone is 4. The van der Waals surface area contributed by atoms with Crippen molar-refractivity contribution in [2.45, 2.75) is 0 Å². The van der Waals surface area contributed by atoms with Crippen molar-refractivity contribution >= 4 is 18.0 Å². The average molecular weight is 243 g/mol. The number of carbonyl (C=O) groups excluding carboxylic acids is 1. The summed E-state index contributed by atoms with van der Waals surface area (Å²) in [5.74, 6) is 5.79. The first-order chi connectivity index (χ1) is 8.66. The van der Waals surface area contributed by atoms with Gasteiger partial charge in [-0.1, -0.05) is 18.2 Å². The van der Waals surface area contributed by atoms with Crippen LogP contribution in [0.3, 0.4) is 0 Å². The third-order valence-electron chi connectivity index (χ3n) is 2.99. The van der Waals surface area contributed by atoms with E-state index in [4.69, 9.17) is 10.6 Å². The minimum atomic E-state index is -0.547. The summed E-state index contributed by atoms with van der Waals surface area (Å²) >= 11 is 0. The highest BCUT2D eigenvalue weighted by Gasteiger charge is 2.48. The summed E-state index contributed by atoms with van der Waals surface area (Å²) in [6.45, 7) is 0. The van der Waals surface area contributed by atoms with Gasteiger partial charge in [-0.25, -0.2) is 4.79 Å². The number of methoxy groups -OCH3 is 1. The van der Waals surface area contributed by atoms with E-state index in [9.17, 15) is 4.79 Å². The van der Waals surface area contributed by atoms with E-state index in [2.05, 4.69) is 9.98 Å². The minimum Gasteiger partial charge on any atom is -0.460 e. The van der Waals surface area contributed by atoms with Crippen molar-refractivity contribution in [3.8, 4) is 0 Å². The molecule has 0 bridgehead atoms. The third-order valence-corrected chi connectivity index (χ3v) is 2.99. The second kappa shape index (κ2) is 3.59. The van der Waals surface area contributed by atoms with E-state index in [1.165, 1.54) is 13.3 Å². The SMILES string of the molecule is COC(=O)C1=NC(C2=CC=C2)=C2C=NC=C[N+]12N. The first-order valence-corrected chi connectivity index (χ1v) is 5.36. The van der Waals surface area contributed by atoms with Crippen molar-refractivity contribution in [1.29, 1.82) is 0 Å². The Hall–Kier alpha value is -2.31. The largest absolute Gasteiger partial charge is 0.460 e. The lowest BCUT2D eigenvalue weighted by Crippen LogP contribution is -2.55. The molecule has 1 unspecified atom stereocenters. The molecule has 0 fully saturated rings. The maximum Gasteiger partial charge on any atom is 0.416 e. The summed E-state index contributed by atoms with van der Waals surface area (Å²) in [7, 11) is 1.30. The maximum absolute atomic E-state index is 11.8. The number of esters is 1. The molecule has 0 aromatic rings. The summed E-state index contributed by atoms with van der Waals surface area (Å²) < 4.78 is 4.43. The molecule has 2 N–H and O–H groups in total. The van der Waals surface area contributed by atoms with Gasteiger partial charge in [-0.15, -0.1) is 4.59 Å². The van der Waals surface area contributed by atoms with Gasteiger partial charge >= 0.3 is 11.8 Å². The lowest BCUT2D eigenvalue weighted by atomic mass is 10.0. The smallest absolute Gasteiger partial charge is 0.416 e. The zero-order chi connectivity index (χ0) is 12.8. The summed E-state index contributed by atoms with van der Waals surface area (Å²) in [4.78, 5) is 20.1. The molecule has 1 atom stereocenters. The average Bonchev–Trinajstić information content (AvgIpc) is 2.60. The van der Waals surface area contributed by atoms with Crippen LogP contribution in [0.15, 0.2) is 57.6 Å². The molecule has 90 valence electrons. The molecule has 6 nitrogen and oxygen atoms in total. The number of amidine groups is 1. The van der Waals surface area contributed by atoms with Gasteiger partial charge in [-0.2, -0.15) is 10.8 Å². The number of nitrogens with zero attached hydrogens (tertiary/aromatic N) is 3. The molecule has 0 saturated carbocycles. The number of quaternary nitrogens is 1. The number of ether oxygens (including phenoxy) is 1. The first-order valence-electron chi connectivity index (χ1n) is 5.36. The summed E-state index contributed by atoms with van der Waals surface area (Å²) in [5, 5.41) is 0. The predicted octanol–water partition coefficient (Wildman–Crippen LogP) is 0.525. The number of rotatable bonds is 2. The fourth-order valence-corrected chi connectivity index (χ4v) is 1.95. The van der Waals surface area contributed by atoms with Gasteiger partial charge in [0.15, 0.2) is 0 Å². The van der Waals surface area contributed by atoms with E-state index in [1.54, 1.807) is 12.4 Å². The van der Waals surface area contributed by atoms with Gasteiger partial charge in [0.1, 0.15) is 11.9 Å². The molecular formula is C12H11N4O2+. The highest BCUT2D eigenvalue weighted by atomic mass is 16.5. The van der Waals surface area contributed by atoms with Crippen LogP contribution in [0.2, 0.25) is 0 Å². The Balaban J connectivity index is 2.14. The van der Waals surface area contributed by atoms with Gasteiger partial charge in [-0.05, 0) is 0 Å². The van der Waals surface area contributed by atoms with Crippen LogP contribution in [0.25, 0.3) is 0 Å². The Kier molecular flexibility index (Phi) is 2.16. The van der Waals surface area contributed by atoms with Crippen molar-refractivity contribution in [3.63, 3.8) is 0 Å². The van der Waals surface area contributed by atoms with Crippen LogP contribution in [0.4, 0.5) is 0 Å². The normalized spacial score (nSPS) is 27.7. The molecule has 2 heterocycles. The summed E-state index contributed by atoms with van der Waals surface area (Å²) in [5.41, 5.74) is 2.25. The van der Waals surface area contributed by atoms with Crippen LogP contribution >= 0.6 is 0 Å². The molecular weight excluding hydrogens is 232 g/mol. The highest BCUT2D eigenvalue weighted by molar-refractivity contribution is 6.33. The molecule has 0 spiro atoms. The Bertz CT molecular complexity index is 622. The topological polar surface area (TPSA) is 77.0 Å². The van der Waals surface area contributed by atoms with Crippen molar-refractivity contribution in [2.24, 2.45) is 15.8 Å². The molecule has 1 aliphatic carbocycles. The maximum atomic E-state index is 11.8. The quantitative estimate of drug-likeness (QED) is 0.436. The Morgan fingerprint density at radius 3 is 2.89 bits per heavy atom. The minimum absolute atomic E-state index is 0.131. The molecule has 3 rings (SSSR count). The standard InChI is InChI=1S/C12H11N4O2/c1-18-12(17)11-15-10(8-3-2-4-8)9-7-14-5-6-16(9,11)13/h2-7H,13H2,1H3/q+1. The predicted molar refractivity (Wildman–Crippen MR) is 65.8 cm³/mol. The number of carbonyl (C=O) groups is 1. The van der Waals surface area contributed by atoms with Crippen LogP contribution in [0, 0.1) is 0 Å². The molecule has 0 saturated heterocycles. The first kappa shape index (κ1) is 10.8. The van der Waals surface area contributed by atoms with Crippen molar-refractivity contribution in [2.75, 3.05) is 7.11 Å². The molecule has 0 amide bonds. The van der Waals surface area contributed by atoms with Gasteiger partial charge in [-0.3, -0.25) is 4.99 Å². The van der Waals surface area contributed by atoms with E-state index < -0.39 is 5.97 Å². The summed E-state index contributed by atoms with van der Waals surface area (Å²) in [6.07, 6.45) is 10.5. The fourth-order valence-electron chi connectivity index (χ4n) is 1.95. The molecule has 0 aromatic heterocycles. The van der Waals surface area contributed by atoms with Gasteiger partial charge in [0.2, 0.25) is 5.70 Å². The number of fused-ring (bicyclic) bond motifs is 1. The van der Waals surface area contributed by atoms with Crippen LogP contribution in [0.5, 0.6) is 0 Å². The molecule has 18 heavy (non-hydrogen) atoms. The van der Waals surface area contributed by atoms with Crippen LogP contribution in [-0.4, -0.2) is 29.7 Å². The zero-order valence-electron chi connectivity index (χ0n) is 9.70. The second-order valence-corrected chi connectivity index (χ2v) is 4.00. The zero-order valence-corrected chi connectivity index (χ0v) is 9.70. The van der Waals surface area contributed by atoms with Crippen molar-refractivity contribution in [3.05, 3.63) is 47.6 Å². The van der Waals surface area contributed by atoms with Crippen molar-refractivity contribution < 1.29 is 14.1 Å². The number of nitrogens with two attached hydrogens (primary N) is 1. The van der Waals surface area contributed by atoms with Crippen molar-refractivity contribution in [1.82, 2.24) is 0 Å². The van der Waals surface area contributed by atoms with Gasteiger partial charge in [0.25, 0.3) is 0 Å². The van der Waals surface area contributed by atoms with E-state index >= 15 is 0 Å². The monoisotopic (exact) mass is 243 g/mol. The lowest BCUT2D eigenvalue weighted by molar-refractivity contribution is -0.749.